The largest absolute Gasteiger partial charge is 0.373 e. The van der Waals surface area contributed by atoms with Crippen molar-refractivity contribution in [2.24, 2.45) is 4.99 Å². The first-order valence-corrected chi connectivity index (χ1v) is 9.63. The predicted molar refractivity (Wildman–Crippen MR) is 108 cm³/mol. The Bertz CT molecular complexity index is 580. The van der Waals surface area contributed by atoms with Gasteiger partial charge in [0.15, 0.2) is 5.96 Å². The zero-order chi connectivity index (χ0) is 19.2. The van der Waals surface area contributed by atoms with Crippen molar-refractivity contribution in [1.29, 1.82) is 0 Å². The molecule has 7 heteroatoms. The highest BCUT2D eigenvalue weighted by Gasteiger charge is 2.33. The average Bonchev–Trinajstić information content (AvgIpc) is 2.58. The molecule has 0 spiro atoms. The summed E-state index contributed by atoms with van der Waals surface area (Å²) in [5, 5.41) is 7.33. The van der Waals surface area contributed by atoms with Gasteiger partial charge in [0.25, 0.3) is 0 Å². The molecule has 0 radical (unpaired) electrons. The van der Waals surface area contributed by atoms with Gasteiger partial charge in [0.1, 0.15) is 5.15 Å². The summed E-state index contributed by atoms with van der Waals surface area (Å²) >= 11 is 5.82. The molecule has 6 nitrogen and oxygen atoms in total. The van der Waals surface area contributed by atoms with Crippen LogP contribution in [0.1, 0.15) is 33.3 Å². The number of guanidine groups is 1. The summed E-state index contributed by atoms with van der Waals surface area (Å²) in [6.45, 7) is 12.3. The lowest BCUT2D eigenvalue weighted by molar-refractivity contribution is -0.0946. The van der Waals surface area contributed by atoms with E-state index >= 15 is 0 Å². The number of aliphatic imine (C=N–C) groups is 1. The summed E-state index contributed by atoms with van der Waals surface area (Å²) in [4.78, 5) is 10.9. The number of ether oxygens (including phenoxy) is 1. The van der Waals surface area contributed by atoms with Crippen molar-refractivity contribution in [3.8, 4) is 0 Å². The van der Waals surface area contributed by atoms with Crippen LogP contribution in [-0.4, -0.2) is 66.8 Å². The van der Waals surface area contributed by atoms with Gasteiger partial charge in [-0.15, -0.1) is 0 Å². The first-order valence-electron chi connectivity index (χ1n) is 9.25. The van der Waals surface area contributed by atoms with E-state index in [9.17, 15) is 0 Å². The molecular formula is C19H32ClN5O. The van der Waals surface area contributed by atoms with E-state index < -0.39 is 0 Å². The number of nitrogens with one attached hydrogen (secondary N) is 2. The Morgan fingerprint density at radius 1 is 1.31 bits per heavy atom. The van der Waals surface area contributed by atoms with Gasteiger partial charge in [-0.25, -0.2) is 4.98 Å². The topological polar surface area (TPSA) is 61.8 Å². The molecule has 0 saturated carbocycles. The van der Waals surface area contributed by atoms with Crippen molar-refractivity contribution in [2.45, 2.75) is 51.9 Å². The molecule has 1 aliphatic heterocycles. The van der Waals surface area contributed by atoms with Crippen LogP contribution in [0.3, 0.4) is 0 Å². The maximum atomic E-state index is 5.85. The highest BCUT2D eigenvalue weighted by atomic mass is 35.5. The van der Waals surface area contributed by atoms with Crippen LogP contribution >= 0.6 is 11.6 Å². The number of morpholine rings is 1. The lowest BCUT2D eigenvalue weighted by Crippen LogP contribution is -2.59. The molecule has 1 aliphatic rings. The Labute approximate surface area is 162 Å². The monoisotopic (exact) mass is 381 g/mol. The Morgan fingerprint density at radius 2 is 2.00 bits per heavy atom. The minimum Gasteiger partial charge on any atom is -0.373 e. The molecular weight excluding hydrogens is 350 g/mol. The van der Waals surface area contributed by atoms with E-state index in [0.29, 0.717) is 5.15 Å². The SMILES string of the molecule is CN=C(NCCc1ccc(Cl)nc1)NCC(C)(C)N1CC(C)OC(C)C1. The number of halogens is 1. The number of aromatic nitrogens is 1. The van der Waals surface area contributed by atoms with Crippen molar-refractivity contribution < 1.29 is 4.74 Å². The Hall–Kier alpha value is -1.37. The van der Waals surface area contributed by atoms with Crippen molar-refractivity contribution in [3.63, 3.8) is 0 Å². The standard InChI is InChI=1S/C19H32ClN5O/c1-14-11-25(12-15(2)26-14)19(3,4)13-24-18(21-5)22-9-8-16-6-7-17(20)23-10-16/h6-7,10,14-15H,8-9,11-13H2,1-5H3,(H2,21,22,24). The molecule has 0 amide bonds. The fourth-order valence-corrected chi connectivity index (χ4v) is 3.30. The quantitative estimate of drug-likeness (QED) is 0.450. The fraction of sp³-hybridized carbons (Fsp3) is 0.684. The van der Waals surface area contributed by atoms with Gasteiger partial charge < -0.3 is 15.4 Å². The van der Waals surface area contributed by atoms with Gasteiger partial charge in [0.2, 0.25) is 0 Å². The third-order valence-corrected chi connectivity index (χ3v) is 4.91. The summed E-state index contributed by atoms with van der Waals surface area (Å²) in [5.41, 5.74) is 1.17. The zero-order valence-corrected chi connectivity index (χ0v) is 17.3. The summed E-state index contributed by atoms with van der Waals surface area (Å²) in [7, 11) is 1.80. The number of rotatable bonds is 6. The minimum absolute atomic E-state index is 0.0179. The van der Waals surface area contributed by atoms with Crippen LogP contribution in [0.5, 0.6) is 0 Å². The molecule has 2 rings (SSSR count). The van der Waals surface area contributed by atoms with Gasteiger partial charge >= 0.3 is 0 Å². The van der Waals surface area contributed by atoms with Crippen LogP contribution in [0.15, 0.2) is 23.3 Å². The van der Waals surface area contributed by atoms with Crippen LogP contribution < -0.4 is 10.6 Å². The van der Waals surface area contributed by atoms with Gasteiger partial charge in [-0.3, -0.25) is 9.89 Å². The van der Waals surface area contributed by atoms with E-state index in [1.165, 1.54) is 0 Å². The molecule has 2 atom stereocenters. The second-order valence-electron chi connectivity index (χ2n) is 7.57. The Kier molecular flexibility index (Phi) is 7.68. The third kappa shape index (κ3) is 6.41. The van der Waals surface area contributed by atoms with Crippen molar-refractivity contribution in [3.05, 3.63) is 29.0 Å². The van der Waals surface area contributed by atoms with Crippen molar-refractivity contribution in [1.82, 2.24) is 20.5 Å². The number of nitrogens with zero attached hydrogens (tertiary/aromatic N) is 3. The molecule has 1 saturated heterocycles. The van der Waals surface area contributed by atoms with E-state index in [2.05, 4.69) is 53.2 Å². The van der Waals surface area contributed by atoms with Gasteiger partial charge in [-0.1, -0.05) is 17.7 Å². The van der Waals surface area contributed by atoms with Crippen LogP contribution in [0.25, 0.3) is 0 Å². The molecule has 2 heterocycles. The van der Waals surface area contributed by atoms with Crippen LogP contribution in [-0.2, 0) is 11.2 Å². The molecule has 2 N–H and O–H groups in total. The van der Waals surface area contributed by atoms with E-state index in [-0.39, 0.29) is 17.7 Å². The summed E-state index contributed by atoms with van der Waals surface area (Å²) in [6.07, 6.45) is 3.21. The number of hydrogen-bond donors (Lipinski definition) is 2. The Balaban J connectivity index is 1.79. The molecule has 1 aromatic rings. The highest BCUT2D eigenvalue weighted by molar-refractivity contribution is 6.29. The lowest BCUT2D eigenvalue weighted by atomic mass is 10.00. The van der Waals surface area contributed by atoms with Crippen molar-refractivity contribution >= 4 is 17.6 Å². The van der Waals surface area contributed by atoms with Crippen LogP contribution in [0, 0.1) is 0 Å². The maximum absolute atomic E-state index is 5.85. The van der Waals surface area contributed by atoms with E-state index in [1.54, 1.807) is 7.05 Å². The Morgan fingerprint density at radius 3 is 2.58 bits per heavy atom. The molecule has 0 bridgehead atoms. The zero-order valence-electron chi connectivity index (χ0n) is 16.6. The second-order valence-corrected chi connectivity index (χ2v) is 7.95. The van der Waals surface area contributed by atoms with Crippen molar-refractivity contribution in [2.75, 3.05) is 33.2 Å². The normalized spacial score (nSPS) is 22.3. The van der Waals surface area contributed by atoms with Gasteiger partial charge in [0.05, 0.1) is 12.2 Å². The summed E-state index contributed by atoms with van der Waals surface area (Å²) in [6, 6.07) is 3.81. The molecule has 26 heavy (non-hydrogen) atoms. The number of hydrogen-bond acceptors (Lipinski definition) is 4. The van der Waals surface area contributed by atoms with Crippen LogP contribution in [0.4, 0.5) is 0 Å². The predicted octanol–water partition coefficient (Wildman–Crippen LogP) is 2.33. The highest BCUT2D eigenvalue weighted by Crippen LogP contribution is 2.20. The van der Waals surface area contributed by atoms with E-state index in [0.717, 1.165) is 44.1 Å². The summed E-state index contributed by atoms with van der Waals surface area (Å²) in [5.74, 6) is 0.814. The minimum atomic E-state index is 0.0179. The van der Waals surface area contributed by atoms with E-state index in [1.807, 2.05) is 18.3 Å². The molecule has 0 aliphatic carbocycles. The first kappa shape index (κ1) is 20.9. The average molecular weight is 382 g/mol. The smallest absolute Gasteiger partial charge is 0.191 e. The maximum Gasteiger partial charge on any atom is 0.191 e. The molecule has 0 aromatic carbocycles. The summed E-state index contributed by atoms with van der Waals surface area (Å²) < 4.78 is 5.85. The fourth-order valence-electron chi connectivity index (χ4n) is 3.18. The molecule has 2 unspecified atom stereocenters. The van der Waals surface area contributed by atoms with Gasteiger partial charge in [-0.05, 0) is 45.7 Å². The first-order chi connectivity index (χ1) is 12.3. The van der Waals surface area contributed by atoms with Gasteiger partial charge in [-0.2, -0.15) is 0 Å². The number of pyridine rings is 1. The van der Waals surface area contributed by atoms with E-state index in [4.69, 9.17) is 16.3 Å². The van der Waals surface area contributed by atoms with Gasteiger partial charge in [0, 0.05) is 45.0 Å². The van der Waals surface area contributed by atoms with Crippen LogP contribution in [0.2, 0.25) is 5.15 Å². The second kappa shape index (κ2) is 9.53. The molecule has 1 fully saturated rings. The lowest BCUT2D eigenvalue weighted by Gasteiger charge is -2.45. The molecule has 1 aromatic heterocycles. The molecule has 146 valence electrons. The third-order valence-electron chi connectivity index (χ3n) is 4.68.